The van der Waals surface area contributed by atoms with Crippen LogP contribution in [0.3, 0.4) is 0 Å². The number of hydrogen-bond donors (Lipinski definition) is 0. The Bertz CT molecular complexity index is 598. The molecule has 0 spiro atoms. The highest BCUT2D eigenvalue weighted by Crippen LogP contribution is 2.30. The molecule has 0 aliphatic rings. The van der Waals surface area contributed by atoms with Gasteiger partial charge < -0.3 is 9.47 Å². The number of ether oxygens (including phenoxy) is 2. The van der Waals surface area contributed by atoms with Crippen LogP contribution in [0.4, 0.5) is 0 Å². The maximum Gasteiger partial charge on any atom is 0.201 e. The quantitative estimate of drug-likeness (QED) is 0.280. The van der Waals surface area contributed by atoms with Crippen LogP contribution >= 0.6 is 45.2 Å². The van der Waals surface area contributed by atoms with Gasteiger partial charge in [-0.3, -0.25) is 0 Å². The van der Waals surface area contributed by atoms with Crippen LogP contribution in [0.25, 0.3) is 10.8 Å². The predicted octanol–water partition coefficient (Wildman–Crippen LogP) is 5.76. The third kappa shape index (κ3) is 4.45. The van der Waals surface area contributed by atoms with Crippen LogP contribution in [0.5, 0.6) is 5.75 Å². The largest absolute Gasteiger partial charge is 0.465 e. The molecule has 2 rings (SSSR count). The molecule has 0 radical (unpaired) electrons. The number of halogens is 2. The maximum atomic E-state index is 5.91. The van der Waals surface area contributed by atoms with Crippen LogP contribution in [0.1, 0.15) is 23.3 Å². The Morgan fingerprint density at radius 2 is 1.71 bits per heavy atom. The fraction of sp³-hybridized carbons (Fsp3) is 0.412. The summed E-state index contributed by atoms with van der Waals surface area (Å²) in [5, 5.41) is 2.46. The third-order valence-corrected chi connectivity index (χ3v) is 7.09. The van der Waals surface area contributed by atoms with E-state index in [1.165, 1.54) is 16.3 Å². The highest BCUT2D eigenvalue weighted by atomic mass is 127. The van der Waals surface area contributed by atoms with Gasteiger partial charge in [0.2, 0.25) is 6.29 Å². The van der Waals surface area contributed by atoms with Gasteiger partial charge in [0.1, 0.15) is 5.75 Å². The molecule has 0 bridgehead atoms. The molecule has 0 N–H and O–H groups in total. The second-order valence-corrected chi connectivity index (χ2v) is 7.74. The molecule has 0 saturated carbocycles. The van der Waals surface area contributed by atoms with E-state index >= 15 is 0 Å². The summed E-state index contributed by atoms with van der Waals surface area (Å²) in [5.41, 5.74) is 1.38. The van der Waals surface area contributed by atoms with E-state index < -0.39 is 0 Å². The van der Waals surface area contributed by atoms with Crippen molar-refractivity contribution in [2.24, 2.45) is 5.92 Å². The zero-order chi connectivity index (χ0) is 15.4. The van der Waals surface area contributed by atoms with Gasteiger partial charge in [0.15, 0.2) is 0 Å². The van der Waals surface area contributed by atoms with E-state index in [2.05, 4.69) is 89.4 Å². The first-order valence-electron chi connectivity index (χ1n) is 6.98. The van der Waals surface area contributed by atoms with E-state index in [4.69, 9.17) is 9.47 Å². The SMILES string of the molecule is COC(Oc1ccc2cc(C(I)CI)ccc2c1)C(C)C. The van der Waals surface area contributed by atoms with Gasteiger partial charge in [-0.25, -0.2) is 0 Å². The van der Waals surface area contributed by atoms with Crippen LogP contribution in [0.2, 0.25) is 0 Å². The van der Waals surface area contributed by atoms with Gasteiger partial charge in [-0.05, 0) is 28.5 Å². The Hall–Kier alpha value is -0.0800. The lowest BCUT2D eigenvalue weighted by atomic mass is 10.1. The summed E-state index contributed by atoms with van der Waals surface area (Å²) in [5.74, 6) is 1.17. The smallest absolute Gasteiger partial charge is 0.201 e. The Morgan fingerprint density at radius 1 is 1.05 bits per heavy atom. The summed E-state index contributed by atoms with van der Waals surface area (Å²) in [6.45, 7) is 4.18. The van der Waals surface area contributed by atoms with Crippen LogP contribution < -0.4 is 4.74 Å². The standard InChI is InChI=1S/C17H20I2O2/c1-11(2)17(20-3)21-15-7-6-12-8-14(16(19)10-18)5-4-13(12)9-15/h4-9,11,16-17H,10H2,1-3H3. The van der Waals surface area contributed by atoms with E-state index in [-0.39, 0.29) is 6.29 Å². The lowest BCUT2D eigenvalue weighted by Crippen LogP contribution is -2.24. The van der Waals surface area contributed by atoms with E-state index in [1.807, 2.05) is 6.07 Å². The highest BCUT2D eigenvalue weighted by Gasteiger charge is 2.14. The van der Waals surface area contributed by atoms with E-state index in [9.17, 15) is 0 Å². The number of hydrogen-bond acceptors (Lipinski definition) is 2. The van der Waals surface area contributed by atoms with Gasteiger partial charge in [0.05, 0.1) is 0 Å². The molecule has 0 amide bonds. The Balaban J connectivity index is 2.26. The number of fused-ring (bicyclic) bond motifs is 1. The second kappa shape index (κ2) is 7.97. The van der Waals surface area contributed by atoms with Gasteiger partial charge in [-0.1, -0.05) is 83.3 Å². The van der Waals surface area contributed by atoms with Crippen molar-refractivity contribution in [3.63, 3.8) is 0 Å². The van der Waals surface area contributed by atoms with Crippen molar-refractivity contribution >= 4 is 56.0 Å². The van der Waals surface area contributed by atoms with E-state index in [0.29, 0.717) is 9.84 Å². The molecule has 0 fully saturated rings. The summed E-state index contributed by atoms with van der Waals surface area (Å²) in [4.78, 5) is 0. The minimum Gasteiger partial charge on any atom is -0.465 e. The zero-order valence-electron chi connectivity index (χ0n) is 12.5. The third-order valence-electron chi connectivity index (χ3n) is 3.36. The van der Waals surface area contributed by atoms with Gasteiger partial charge in [0.25, 0.3) is 0 Å². The monoisotopic (exact) mass is 510 g/mol. The number of rotatable bonds is 6. The maximum absolute atomic E-state index is 5.91. The number of benzene rings is 2. The molecule has 21 heavy (non-hydrogen) atoms. The first-order chi connectivity index (χ1) is 10.0. The summed E-state index contributed by atoms with van der Waals surface area (Å²) < 4.78 is 13.0. The molecule has 2 aromatic carbocycles. The van der Waals surface area contributed by atoms with Crippen molar-refractivity contribution in [2.75, 3.05) is 11.5 Å². The first-order valence-corrected chi connectivity index (χ1v) is 9.75. The minimum atomic E-state index is -0.209. The normalized spacial score (nSPS) is 14.4. The Morgan fingerprint density at radius 3 is 2.33 bits per heavy atom. The highest BCUT2D eigenvalue weighted by molar-refractivity contribution is 14.1. The minimum absolute atomic E-state index is 0.209. The molecular weight excluding hydrogens is 490 g/mol. The molecule has 114 valence electrons. The fourth-order valence-electron chi connectivity index (χ4n) is 2.19. The van der Waals surface area contributed by atoms with Crippen molar-refractivity contribution in [3.05, 3.63) is 42.0 Å². The molecule has 2 aromatic rings. The van der Waals surface area contributed by atoms with Gasteiger partial charge in [-0.2, -0.15) is 0 Å². The molecule has 4 heteroatoms. The molecular formula is C17H20I2O2. The molecule has 0 aromatic heterocycles. The molecule has 0 aliphatic heterocycles. The lowest BCUT2D eigenvalue weighted by molar-refractivity contribution is -0.0833. The number of alkyl halides is 2. The van der Waals surface area contributed by atoms with Crippen LogP contribution in [0, 0.1) is 5.92 Å². The number of methoxy groups -OCH3 is 1. The molecule has 0 aliphatic carbocycles. The average Bonchev–Trinajstić information content (AvgIpc) is 2.50. The van der Waals surface area contributed by atoms with E-state index in [0.717, 1.165) is 10.2 Å². The molecule has 0 heterocycles. The fourth-order valence-corrected chi connectivity index (χ4v) is 3.09. The molecule has 2 nitrogen and oxygen atoms in total. The van der Waals surface area contributed by atoms with Gasteiger partial charge in [0, 0.05) is 21.4 Å². The first kappa shape index (κ1) is 17.3. The second-order valence-electron chi connectivity index (χ2n) is 5.36. The van der Waals surface area contributed by atoms with Crippen LogP contribution in [-0.2, 0) is 4.74 Å². The lowest BCUT2D eigenvalue weighted by Gasteiger charge is -2.21. The molecule has 0 saturated heterocycles. The summed E-state index contributed by atoms with van der Waals surface area (Å²) in [6, 6.07) is 12.9. The van der Waals surface area contributed by atoms with Crippen LogP contribution in [0.15, 0.2) is 36.4 Å². The summed E-state index contributed by atoms with van der Waals surface area (Å²) in [7, 11) is 1.68. The van der Waals surface area contributed by atoms with Crippen molar-refractivity contribution in [1.82, 2.24) is 0 Å². The van der Waals surface area contributed by atoms with Crippen molar-refractivity contribution in [2.45, 2.75) is 24.1 Å². The average molecular weight is 510 g/mol. The van der Waals surface area contributed by atoms with Crippen LogP contribution in [-0.4, -0.2) is 17.8 Å². The van der Waals surface area contributed by atoms with Gasteiger partial charge >= 0.3 is 0 Å². The van der Waals surface area contributed by atoms with E-state index in [1.54, 1.807) is 7.11 Å². The summed E-state index contributed by atoms with van der Waals surface area (Å²) in [6.07, 6.45) is -0.209. The summed E-state index contributed by atoms with van der Waals surface area (Å²) >= 11 is 4.92. The zero-order valence-corrected chi connectivity index (χ0v) is 16.8. The van der Waals surface area contributed by atoms with Crippen molar-refractivity contribution in [3.8, 4) is 5.75 Å². The molecule has 2 unspecified atom stereocenters. The topological polar surface area (TPSA) is 18.5 Å². The molecule has 2 atom stereocenters. The van der Waals surface area contributed by atoms with Crippen molar-refractivity contribution in [1.29, 1.82) is 0 Å². The van der Waals surface area contributed by atoms with Crippen molar-refractivity contribution < 1.29 is 9.47 Å². The Kier molecular flexibility index (Phi) is 6.55. The Labute approximate surface area is 153 Å². The predicted molar refractivity (Wildman–Crippen MR) is 106 cm³/mol. The van der Waals surface area contributed by atoms with Gasteiger partial charge in [-0.15, -0.1) is 0 Å².